The Hall–Kier alpha value is -2.56. The standard InChI is InChI=1S/C13H17F3N6O2/c1-9-11(7-22(20-9)8-13(14,15)16)19-12(23)18-10-5-17-21(6-10)3-4-24-2/h5-7H,3-4,8H2,1-2H3,(H2,18,19,23). The Bertz CT molecular complexity index is 694. The highest BCUT2D eigenvalue weighted by molar-refractivity contribution is 5.99. The summed E-state index contributed by atoms with van der Waals surface area (Å²) in [5.74, 6) is 0. The maximum Gasteiger partial charge on any atom is 0.408 e. The van der Waals surface area contributed by atoms with E-state index >= 15 is 0 Å². The molecule has 2 aromatic rings. The molecule has 0 spiro atoms. The number of alkyl halides is 3. The van der Waals surface area contributed by atoms with Gasteiger partial charge >= 0.3 is 12.2 Å². The highest BCUT2D eigenvalue weighted by atomic mass is 19.4. The molecule has 0 saturated carbocycles. The van der Waals surface area contributed by atoms with Crippen LogP contribution in [-0.2, 0) is 17.8 Å². The Morgan fingerprint density at radius 3 is 2.71 bits per heavy atom. The zero-order valence-corrected chi connectivity index (χ0v) is 13.1. The molecule has 0 radical (unpaired) electrons. The monoisotopic (exact) mass is 346 g/mol. The van der Waals surface area contributed by atoms with Crippen molar-refractivity contribution in [3.63, 3.8) is 0 Å². The largest absolute Gasteiger partial charge is 0.408 e. The van der Waals surface area contributed by atoms with Gasteiger partial charge in [0.15, 0.2) is 0 Å². The van der Waals surface area contributed by atoms with Gasteiger partial charge in [-0.2, -0.15) is 23.4 Å². The average Bonchev–Trinajstić information content (AvgIpc) is 3.02. The lowest BCUT2D eigenvalue weighted by molar-refractivity contribution is -0.142. The Morgan fingerprint density at radius 2 is 2.04 bits per heavy atom. The third-order valence-electron chi connectivity index (χ3n) is 2.95. The fraction of sp³-hybridized carbons (Fsp3) is 0.462. The van der Waals surface area contributed by atoms with E-state index in [-0.39, 0.29) is 11.4 Å². The molecule has 24 heavy (non-hydrogen) atoms. The second-order valence-electron chi connectivity index (χ2n) is 5.00. The highest BCUT2D eigenvalue weighted by Gasteiger charge is 2.28. The van der Waals surface area contributed by atoms with Gasteiger partial charge in [0.2, 0.25) is 0 Å². The molecule has 0 saturated heterocycles. The first kappa shape index (κ1) is 17.8. The molecule has 0 unspecified atom stereocenters. The van der Waals surface area contributed by atoms with Crippen LogP contribution in [0.2, 0.25) is 0 Å². The number of amides is 2. The van der Waals surface area contributed by atoms with Crippen LogP contribution in [0, 0.1) is 6.92 Å². The number of nitrogens with one attached hydrogen (secondary N) is 2. The molecule has 11 heteroatoms. The van der Waals surface area contributed by atoms with Crippen LogP contribution in [-0.4, -0.2) is 45.5 Å². The third-order valence-corrected chi connectivity index (χ3v) is 2.95. The quantitative estimate of drug-likeness (QED) is 0.840. The summed E-state index contributed by atoms with van der Waals surface area (Å²) in [6.45, 7) is 1.29. The van der Waals surface area contributed by atoms with Crippen molar-refractivity contribution in [1.82, 2.24) is 19.6 Å². The fourth-order valence-corrected chi connectivity index (χ4v) is 1.93. The summed E-state index contributed by atoms with van der Waals surface area (Å²) in [6, 6.07) is -0.601. The molecular formula is C13H17F3N6O2. The van der Waals surface area contributed by atoms with E-state index in [1.54, 1.807) is 18.0 Å². The number of aromatic nitrogens is 4. The number of hydrogen-bond acceptors (Lipinski definition) is 4. The van der Waals surface area contributed by atoms with Crippen LogP contribution in [0.3, 0.4) is 0 Å². The number of ether oxygens (including phenoxy) is 1. The molecule has 0 fully saturated rings. The number of hydrogen-bond donors (Lipinski definition) is 2. The molecule has 132 valence electrons. The minimum Gasteiger partial charge on any atom is -0.383 e. The van der Waals surface area contributed by atoms with Crippen LogP contribution in [0.15, 0.2) is 18.6 Å². The van der Waals surface area contributed by atoms with Gasteiger partial charge in [-0.15, -0.1) is 0 Å². The smallest absolute Gasteiger partial charge is 0.383 e. The van der Waals surface area contributed by atoms with Gasteiger partial charge in [-0.3, -0.25) is 9.36 Å². The minimum atomic E-state index is -4.38. The predicted molar refractivity (Wildman–Crippen MR) is 79.8 cm³/mol. The van der Waals surface area contributed by atoms with Crippen molar-refractivity contribution >= 4 is 17.4 Å². The summed E-state index contributed by atoms with van der Waals surface area (Å²) in [5.41, 5.74) is 0.928. The Labute approximate surface area is 135 Å². The second-order valence-corrected chi connectivity index (χ2v) is 5.00. The van der Waals surface area contributed by atoms with E-state index < -0.39 is 18.8 Å². The molecule has 0 aliphatic rings. The lowest BCUT2D eigenvalue weighted by Crippen LogP contribution is -2.19. The van der Waals surface area contributed by atoms with Gasteiger partial charge in [-0.1, -0.05) is 0 Å². The molecule has 0 bridgehead atoms. The number of nitrogens with zero attached hydrogens (tertiary/aromatic N) is 4. The average molecular weight is 346 g/mol. The zero-order valence-electron chi connectivity index (χ0n) is 13.1. The summed E-state index contributed by atoms with van der Waals surface area (Å²) in [6.07, 6.45) is -0.188. The van der Waals surface area contributed by atoms with Crippen molar-refractivity contribution in [3.8, 4) is 0 Å². The normalized spacial score (nSPS) is 11.5. The van der Waals surface area contributed by atoms with E-state index in [2.05, 4.69) is 20.8 Å². The molecule has 2 amide bonds. The van der Waals surface area contributed by atoms with Crippen LogP contribution < -0.4 is 10.6 Å². The van der Waals surface area contributed by atoms with Crippen molar-refractivity contribution < 1.29 is 22.7 Å². The van der Waals surface area contributed by atoms with E-state index in [0.29, 0.717) is 18.8 Å². The maximum absolute atomic E-state index is 12.3. The Morgan fingerprint density at radius 1 is 1.29 bits per heavy atom. The van der Waals surface area contributed by atoms with Crippen molar-refractivity contribution in [1.29, 1.82) is 0 Å². The van der Waals surface area contributed by atoms with Gasteiger partial charge in [0.25, 0.3) is 0 Å². The van der Waals surface area contributed by atoms with Crippen LogP contribution in [0.1, 0.15) is 5.69 Å². The number of carbonyl (C=O) groups is 1. The molecule has 2 aromatic heterocycles. The van der Waals surface area contributed by atoms with Crippen LogP contribution >= 0.6 is 0 Å². The molecule has 0 aliphatic heterocycles. The lowest BCUT2D eigenvalue weighted by atomic mass is 10.4. The van der Waals surface area contributed by atoms with Crippen LogP contribution in [0.25, 0.3) is 0 Å². The fourth-order valence-electron chi connectivity index (χ4n) is 1.93. The number of anilines is 2. The van der Waals surface area contributed by atoms with E-state index in [4.69, 9.17) is 4.74 Å². The Kier molecular flexibility index (Phi) is 5.44. The van der Waals surface area contributed by atoms with Crippen LogP contribution in [0.5, 0.6) is 0 Å². The molecule has 2 N–H and O–H groups in total. The van der Waals surface area contributed by atoms with E-state index in [0.717, 1.165) is 10.9 Å². The summed E-state index contributed by atoms with van der Waals surface area (Å²) in [5, 5.41) is 12.7. The molecule has 0 aliphatic carbocycles. The number of halogens is 3. The van der Waals surface area contributed by atoms with Gasteiger partial charge in [0.05, 0.1) is 36.4 Å². The molecule has 2 heterocycles. The number of aryl methyl sites for hydroxylation is 1. The first-order valence-electron chi connectivity index (χ1n) is 6.97. The van der Waals surface area contributed by atoms with E-state index in [1.165, 1.54) is 13.1 Å². The van der Waals surface area contributed by atoms with Crippen molar-refractivity contribution in [2.75, 3.05) is 24.4 Å². The van der Waals surface area contributed by atoms with Gasteiger partial charge in [-0.05, 0) is 6.92 Å². The van der Waals surface area contributed by atoms with Gasteiger partial charge in [-0.25, -0.2) is 4.79 Å². The van der Waals surface area contributed by atoms with E-state index in [9.17, 15) is 18.0 Å². The number of rotatable bonds is 6. The zero-order chi connectivity index (χ0) is 17.7. The summed E-state index contributed by atoms with van der Waals surface area (Å²) in [4.78, 5) is 11.9. The molecule has 0 atom stereocenters. The summed E-state index contributed by atoms with van der Waals surface area (Å²) < 4.78 is 44.3. The Balaban J connectivity index is 1.93. The van der Waals surface area contributed by atoms with Crippen molar-refractivity contribution in [2.45, 2.75) is 26.2 Å². The van der Waals surface area contributed by atoms with Gasteiger partial charge in [0.1, 0.15) is 6.54 Å². The first-order valence-corrected chi connectivity index (χ1v) is 6.97. The second kappa shape index (κ2) is 7.34. The van der Waals surface area contributed by atoms with Crippen LogP contribution in [0.4, 0.5) is 29.3 Å². The molecular weight excluding hydrogens is 329 g/mol. The maximum atomic E-state index is 12.3. The number of urea groups is 1. The van der Waals surface area contributed by atoms with Gasteiger partial charge < -0.3 is 15.4 Å². The van der Waals surface area contributed by atoms with Crippen molar-refractivity contribution in [2.24, 2.45) is 0 Å². The first-order chi connectivity index (χ1) is 11.3. The van der Waals surface area contributed by atoms with E-state index in [1.807, 2.05) is 0 Å². The summed E-state index contributed by atoms with van der Waals surface area (Å²) in [7, 11) is 1.57. The topological polar surface area (TPSA) is 86.0 Å². The molecule has 0 aromatic carbocycles. The van der Waals surface area contributed by atoms with Crippen molar-refractivity contribution in [3.05, 3.63) is 24.3 Å². The number of carbonyl (C=O) groups excluding carboxylic acids is 1. The van der Waals surface area contributed by atoms with Gasteiger partial charge in [0, 0.05) is 19.5 Å². The molecule has 2 rings (SSSR count). The lowest BCUT2D eigenvalue weighted by Gasteiger charge is -2.05. The molecule has 8 nitrogen and oxygen atoms in total. The third kappa shape index (κ3) is 5.26. The highest BCUT2D eigenvalue weighted by Crippen LogP contribution is 2.20. The minimum absolute atomic E-state index is 0.198. The summed E-state index contributed by atoms with van der Waals surface area (Å²) >= 11 is 0. The predicted octanol–water partition coefficient (Wildman–Crippen LogP) is 2.24. The number of methoxy groups -OCH3 is 1. The SMILES string of the molecule is COCCn1cc(NC(=O)Nc2cn(CC(F)(F)F)nc2C)cn1.